The number of aromatic nitrogens is 2. The van der Waals surface area contributed by atoms with E-state index in [0.29, 0.717) is 11.8 Å². The summed E-state index contributed by atoms with van der Waals surface area (Å²) in [5, 5.41) is 0. The van der Waals surface area contributed by atoms with Crippen molar-refractivity contribution in [1.29, 1.82) is 0 Å². The maximum absolute atomic E-state index is 5.43. The van der Waals surface area contributed by atoms with Crippen molar-refractivity contribution in [3.63, 3.8) is 0 Å². The summed E-state index contributed by atoms with van der Waals surface area (Å²) in [5.41, 5.74) is 12.0. The van der Waals surface area contributed by atoms with Gasteiger partial charge in [0.25, 0.3) is 0 Å². The van der Waals surface area contributed by atoms with E-state index in [4.69, 9.17) is 8.83 Å². The molecule has 7 rings (SSSR count). The molecule has 0 saturated carbocycles. The molecule has 4 nitrogen and oxygen atoms in total. The van der Waals surface area contributed by atoms with Crippen molar-refractivity contribution in [1.82, 2.24) is 9.97 Å². The average molecular weight is 481 g/mol. The lowest BCUT2D eigenvalue weighted by Gasteiger charge is -2.22. The van der Waals surface area contributed by atoms with Gasteiger partial charge in [-0.2, -0.15) is 0 Å². The fraction of sp³-hybridized carbons (Fsp3) is 0.0909. The standard InChI is InChI=1S/C33H24N2O2/c1-33(2)29-19-25(21-3-7-23(8-4-21)31-34-15-17-36-31)11-13-27(29)28-14-12-26(20-30(28)33)22-5-9-24(10-6-22)32-35-16-18-37-32/h3-20H,1-2H3. The van der Waals surface area contributed by atoms with Crippen LogP contribution in [0, 0.1) is 0 Å². The highest BCUT2D eigenvalue weighted by molar-refractivity contribution is 5.86. The first-order chi connectivity index (χ1) is 18.1. The summed E-state index contributed by atoms with van der Waals surface area (Å²) in [5.74, 6) is 1.28. The van der Waals surface area contributed by atoms with Crippen molar-refractivity contribution in [3.05, 3.63) is 121 Å². The molecule has 0 saturated heterocycles. The van der Waals surface area contributed by atoms with E-state index in [1.54, 1.807) is 24.9 Å². The minimum atomic E-state index is -0.104. The van der Waals surface area contributed by atoms with Gasteiger partial charge >= 0.3 is 0 Å². The van der Waals surface area contributed by atoms with Crippen LogP contribution in [0.5, 0.6) is 0 Å². The van der Waals surface area contributed by atoms with Gasteiger partial charge in [0.2, 0.25) is 11.8 Å². The Kier molecular flexibility index (Phi) is 4.76. The van der Waals surface area contributed by atoms with Gasteiger partial charge in [-0.15, -0.1) is 0 Å². The third kappa shape index (κ3) is 3.53. The predicted molar refractivity (Wildman–Crippen MR) is 146 cm³/mol. The van der Waals surface area contributed by atoms with E-state index in [9.17, 15) is 0 Å². The van der Waals surface area contributed by atoms with E-state index < -0.39 is 0 Å². The number of oxazole rings is 2. The summed E-state index contributed by atoms with van der Waals surface area (Å²) in [6.07, 6.45) is 6.54. The second kappa shape index (κ2) is 8.17. The molecule has 0 bridgehead atoms. The first kappa shape index (κ1) is 21.6. The molecule has 6 aromatic rings. The minimum Gasteiger partial charge on any atom is -0.445 e. The number of hydrogen-bond acceptors (Lipinski definition) is 4. The lowest BCUT2D eigenvalue weighted by atomic mass is 9.81. The maximum atomic E-state index is 5.43. The van der Waals surface area contributed by atoms with Crippen molar-refractivity contribution < 1.29 is 8.83 Å². The van der Waals surface area contributed by atoms with Crippen molar-refractivity contribution in [2.24, 2.45) is 0 Å². The van der Waals surface area contributed by atoms with Gasteiger partial charge in [-0.05, 0) is 80.9 Å². The van der Waals surface area contributed by atoms with Gasteiger partial charge in [0.15, 0.2) is 0 Å². The normalized spacial score (nSPS) is 13.4. The minimum absolute atomic E-state index is 0.104. The van der Waals surface area contributed by atoms with Gasteiger partial charge in [-0.25, -0.2) is 9.97 Å². The highest BCUT2D eigenvalue weighted by Crippen LogP contribution is 2.50. The molecule has 178 valence electrons. The lowest BCUT2D eigenvalue weighted by molar-refractivity contribution is 0.574. The summed E-state index contributed by atoms with van der Waals surface area (Å²) in [7, 11) is 0. The lowest BCUT2D eigenvalue weighted by Crippen LogP contribution is -2.15. The van der Waals surface area contributed by atoms with Crippen LogP contribution in [0.4, 0.5) is 0 Å². The molecule has 37 heavy (non-hydrogen) atoms. The molecule has 1 aliphatic rings. The monoisotopic (exact) mass is 480 g/mol. The molecule has 0 fully saturated rings. The van der Waals surface area contributed by atoms with E-state index in [1.165, 1.54) is 44.5 Å². The van der Waals surface area contributed by atoms with E-state index in [-0.39, 0.29) is 5.41 Å². The van der Waals surface area contributed by atoms with Crippen LogP contribution in [-0.2, 0) is 5.41 Å². The van der Waals surface area contributed by atoms with Crippen LogP contribution in [0.15, 0.2) is 119 Å². The fourth-order valence-corrected chi connectivity index (χ4v) is 5.44. The summed E-state index contributed by atoms with van der Waals surface area (Å²) in [6, 6.07) is 30.5. The van der Waals surface area contributed by atoms with E-state index in [2.05, 4.69) is 109 Å². The van der Waals surface area contributed by atoms with Crippen LogP contribution in [0.25, 0.3) is 56.3 Å². The zero-order chi connectivity index (χ0) is 25.0. The van der Waals surface area contributed by atoms with Gasteiger partial charge in [0.1, 0.15) is 12.5 Å². The second-order valence-electron chi connectivity index (χ2n) is 9.97. The van der Waals surface area contributed by atoms with Crippen LogP contribution in [-0.4, -0.2) is 9.97 Å². The Morgan fingerprint density at radius 3 is 1.24 bits per heavy atom. The average Bonchev–Trinajstić information content (AvgIpc) is 3.71. The zero-order valence-corrected chi connectivity index (χ0v) is 20.6. The quantitative estimate of drug-likeness (QED) is 0.253. The third-order valence-electron chi connectivity index (χ3n) is 7.47. The summed E-state index contributed by atoms with van der Waals surface area (Å²) in [4.78, 5) is 8.50. The molecule has 1 aliphatic carbocycles. The van der Waals surface area contributed by atoms with E-state index in [1.807, 2.05) is 0 Å². The Labute approximate surface area is 215 Å². The van der Waals surface area contributed by atoms with Gasteiger partial charge in [-0.1, -0.05) is 62.4 Å². The highest BCUT2D eigenvalue weighted by atomic mass is 16.3. The number of fused-ring (bicyclic) bond motifs is 3. The highest BCUT2D eigenvalue weighted by Gasteiger charge is 2.35. The Balaban J connectivity index is 1.22. The van der Waals surface area contributed by atoms with Crippen molar-refractivity contribution in [2.75, 3.05) is 0 Å². The molecule has 0 N–H and O–H groups in total. The first-order valence-corrected chi connectivity index (χ1v) is 12.4. The third-order valence-corrected chi connectivity index (χ3v) is 7.47. The van der Waals surface area contributed by atoms with Crippen molar-refractivity contribution in [2.45, 2.75) is 19.3 Å². The van der Waals surface area contributed by atoms with Crippen molar-refractivity contribution in [3.8, 4) is 56.3 Å². The van der Waals surface area contributed by atoms with E-state index in [0.717, 1.165) is 11.1 Å². The summed E-state index contributed by atoms with van der Waals surface area (Å²) < 4.78 is 10.9. The van der Waals surface area contributed by atoms with Crippen LogP contribution >= 0.6 is 0 Å². The molecule has 0 amide bonds. The molecule has 0 aliphatic heterocycles. The van der Waals surface area contributed by atoms with Gasteiger partial charge < -0.3 is 8.83 Å². The molecular weight excluding hydrogens is 456 g/mol. The summed E-state index contributed by atoms with van der Waals surface area (Å²) in [6.45, 7) is 4.64. The first-order valence-electron chi connectivity index (χ1n) is 12.4. The molecule has 0 radical (unpaired) electrons. The Morgan fingerprint density at radius 1 is 0.486 bits per heavy atom. The molecule has 0 unspecified atom stereocenters. The largest absolute Gasteiger partial charge is 0.445 e. The Hall–Kier alpha value is -4.70. The van der Waals surface area contributed by atoms with Crippen LogP contribution in [0.2, 0.25) is 0 Å². The van der Waals surface area contributed by atoms with Crippen LogP contribution in [0.1, 0.15) is 25.0 Å². The predicted octanol–water partition coefficient (Wildman–Crippen LogP) is 8.64. The molecule has 2 heterocycles. The smallest absolute Gasteiger partial charge is 0.225 e. The number of nitrogens with zero attached hydrogens (tertiary/aromatic N) is 2. The molecule has 4 heteroatoms. The zero-order valence-electron chi connectivity index (χ0n) is 20.6. The number of hydrogen-bond donors (Lipinski definition) is 0. The molecular formula is C33H24N2O2. The summed E-state index contributed by atoms with van der Waals surface area (Å²) >= 11 is 0. The number of rotatable bonds is 4. The van der Waals surface area contributed by atoms with Gasteiger partial charge in [0.05, 0.1) is 12.4 Å². The molecule has 4 aromatic carbocycles. The van der Waals surface area contributed by atoms with Gasteiger partial charge in [-0.3, -0.25) is 0 Å². The van der Waals surface area contributed by atoms with Crippen molar-refractivity contribution >= 4 is 0 Å². The van der Waals surface area contributed by atoms with Crippen LogP contribution < -0.4 is 0 Å². The molecule has 0 spiro atoms. The van der Waals surface area contributed by atoms with Gasteiger partial charge in [0, 0.05) is 16.5 Å². The molecule has 0 atom stereocenters. The molecule has 2 aromatic heterocycles. The Bertz CT molecular complexity index is 1580. The van der Waals surface area contributed by atoms with Crippen LogP contribution in [0.3, 0.4) is 0 Å². The Morgan fingerprint density at radius 2 is 0.865 bits per heavy atom. The SMILES string of the molecule is CC1(C)c2cc(-c3ccc(-c4ncco4)cc3)ccc2-c2ccc(-c3ccc(-c4ncco4)cc3)cc21. The second-order valence-corrected chi connectivity index (χ2v) is 9.97. The number of benzene rings is 4. The maximum Gasteiger partial charge on any atom is 0.225 e. The topological polar surface area (TPSA) is 52.1 Å². The van der Waals surface area contributed by atoms with E-state index >= 15 is 0 Å². The fourth-order valence-electron chi connectivity index (χ4n) is 5.44.